The van der Waals surface area contributed by atoms with Crippen molar-refractivity contribution in [3.05, 3.63) is 29.8 Å². The molecular weight excluding hydrogens is 318 g/mol. The van der Waals surface area contributed by atoms with Crippen molar-refractivity contribution in [3.63, 3.8) is 0 Å². The molecule has 0 spiro atoms. The molecule has 6 heteroatoms. The predicted octanol–water partition coefficient (Wildman–Crippen LogP) is 1.99. The normalized spacial score (nSPS) is 13.1. The summed E-state index contributed by atoms with van der Waals surface area (Å²) < 4.78 is 22.5. The summed E-state index contributed by atoms with van der Waals surface area (Å²) in [4.78, 5) is 12.3. The third kappa shape index (κ3) is 4.78. The lowest BCUT2D eigenvalue weighted by atomic mass is 10.2. The fourth-order valence-electron chi connectivity index (χ4n) is 1.34. The average Bonchev–Trinajstić information content (AvgIpc) is 2.27. The van der Waals surface area contributed by atoms with E-state index < -0.39 is 9.84 Å². The van der Waals surface area contributed by atoms with Gasteiger partial charge in [0.2, 0.25) is 0 Å². The SMILES string of the molecule is CC(Br)CCNC(=O)c1ccc(S(C)(=O)=O)cc1. The molecule has 0 fully saturated rings. The lowest BCUT2D eigenvalue weighted by Crippen LogP contribution is -2.25. The van der Waals surface area contributed by atoms with E-state index in [1.807, 2.05) is 6.92 Å². The molecule has 1 amide bonds. The Morgan fingerprint density at radius 3 is 2.33 bits per heavy atom. The van der Waals surface area contributed by atoms with Crippen molar-refractivity contribution < 1.29 is 13.2 Å². The quantitative estimate of drug-likeness (QED) is 0.838. The van der Waals surface area contributed by atoms with Crippen molar-refractivity contribution in [3.8, 4) is 0 Å². The van der Waals surface area contributed by atoms with Crippen molar-refractivity contribution >= 4 is 31.7 Å². The first-order valence-electron chi connectivity index (χ1n) is 5.53. The summed E-state index contributed by atoms with van der Waals surface area (Å²) in [5.74, 6) is -0.191. The molecule has 0 heterocycles. The second-order valence-corrected chi connectivity index (χ2v) is 7.70. The largest absolute Gasteiger partial charge is 0.352 e. The van der Waals surface area contributed by atoms with E-state index in [1.54, 1.807) is 0 Å². The highest BCUT2D eigenvalue weighted by molar-refractivity contribution is 9.09. The fraction of sp³-hybridized carbons (Fsp3) is 0.417. The Labute approximate surface area is 116 Å². The lowest BCUT2D eigenvalue weighted by Gasteiger charge is -2.06. The minimum absolute atomic E-state index is 0.191. The Morgan fingerprint density at radius 2 is 1.89 bits per heavy atom. The van der Waals surface area contributed by atoms with Crippen LogP contribution in [0.3, 0.4) is 0 Å². The highest BCUT2D eigenvalue weighted by atomic mass is 79.9. The summed E-state index contributed by atoms with van der Waals surface area (Å²) in [6, 6.07) is 5.92. The Bertz CT molecular complexity index is 509. The molecule has 18 heavy (non-hydrogen) atoms. The van der Waals surface area contributed by atoms with Crippen molar-refractivity contribution in [2.24, 2.45) is 0 Å². The highest BCUT2D eigenvalue weighted by Gasteiger charge is 2.09. The van der Waals surface area contributed by atoms with Gasteiger partial charge in [0.1, 0.15) is 0 Å². The van der Waals surface area contributed by atoms with Gasteiger partial charge in [0.15, 0.2) is 9.84 Å². The zero-order valence-corrected chi connectivity index (χ0v) is 12.7. The van der Waals surface area contributed by atoms with Gasteiger partial charge in [0, 0.05) is 23.2 Å². The van der Waals surface area contributed by atoms with E-state index in [0.717, 1.165) is 12.7 Å². The number of rotatable bonds is 5. The third-order valence-electron chi connectivity index (χ3n) is 2.37. The summed E-state index contributed by atoms with van der Waals surface area (Å²) in [5.41, 5.74) is 0.463. The number of hydrogen-bond acceptors (Lipinski definition) is 3. The van der Waals surface area contributed by atoms with E-state index in [4.69, 9.17) is 0 Å². The van der Waals surface area contributed by atoms with E-state index >= 15 is 0 Å². The number of alkyl halides is 1. The molecule has 1 unspecified atom stereocenters. The van der Waals surface area contributed by atoms with Gasteiger partial charge in [0.25, 0.3) is 5.91 Å². The first kappa shape index (κ1) is 15.2. The smallest absolute Gasteiger partial charge is 0.251 e. The zero-order chi connectivity index (χ0) is 13.8. The van der Waals surface area contributed by atoms with Crippen LogP contribution in [0.25, 0.3) is 0 Å². The first-order chi connectivity index (χ1) is 8.30. The van der Waals surface area contributed by atoms with Crippen LogP contribution in [-0.4, -0.2) is 32.0 Å². The predicted molar refractivity (Wildman–Crippen MR) is 74.9 cm³/mol. The number of amides is 1. The molecular formula is C12H16BrNO3S. The minimum Gasteiger partial charge on any atom is -0.352 e. The molecule has 0 aliphatic heterocycles. The van der Waals surface area contributed by atoms with E-state index in [9.17, 15) is 13.2 Å². The van der Waals surface area contributed by atoms with Gasteiger partial charge in [0.05, 0.1) is 4.90 Å². The maximum Gasteiger partial charge on any atom is 0.251 e. The minimum atomic E-state index is -3.21. The number of hydrogen-bond donors (Lipinski definition) is 1. The van der Waals surface area contributed by atoms with Crippen LogP contribution in [-0.2, 0) is 9.84 Å². The molecule has 0 saturated heterocycles. The summed E-state index contributed by atoms with van der Waals surface area (Å²) in [6.45, 7) is 2.59. The molecule has 0 aliphatic carbocycles. The Balaban J connectivity index is 2.65. The van der Waals surface area contributed by atoms with Crippen LogP contribution in [0.15, 0.2) is 29.2 Å². The van der Waals surface area contributed by atoms with Gasteiger partial charge in [-0.15, -0.1) is 0 Å². The Morgan fingerprint density at radius 1 is 1.33 bits per heavy atom. The van der Waals surface area contributed by atoms with Crippen LogP contribution >= 0.6 is 15.9 Å². The van der Waals surface area contributed by atoms with Crippen LogP contribution in [0.2, 0.25) is 0 Å². The molecule has 100 valence electrons. The second-order valence-electron chi connectivity index (χ2n) is 4.12. The van der Waals surface area contributed by atoms with Crippen LogP contribution < -0.4 is 5.32 Å². The molecule has 0 bridgehead atoms. The van der Waals surface area contributed by atoms with Crippen LogP contribution in [0.5, 0.6) is 0 Å². The monoisotopic (exact) mass is 333 g/mol. The highest BCUT2D eigenvalue weighted by Crippen LogP contribution is 2.10. The summed E-state index contributed by atoms with van der Waals surface area (Å²) in [5, 5.41) is 2.77. The van der Waals surface area contributed by atoms with Crippen molar-refractivity contribution in [2.45, 2.75) is 23.1 Å². The standard InChI is InChI=1S/C12H16BrNO3S/c1-9(13)7-8-14-12(15)10-3-5-11(6-4-10)18(2,16)17/h3-6,9H,7-8H2,1-2H3,(H,14,15). The Hall–Kier alpha value is -0.880. The van der Waals surface area contributed by atoms with E-state index in [0.29, 0.717) is 16.9 Å². The third-order valence-corrected chi connectivity index (χ3v) is 3.96. The van der Waals surface area contributed by atoms with E-state index in [-0.39, 0.29) is 10.8 Å². The maximum absolute atomic E-state index is 11.7. The van der Waals surface area contributed by atoms with Gasteiger partial charge in [-0.3, -0.25) is 4.79 Å². The number of carbonyl (C=O) groups is 1. The second kappa shape index (κ2) is 6.33. The molecule has 1 aromatic carbocycles. The van der Waals surface area contributed by atoms with Crippen molar-refractivity contribution in [1.82, 2.24) is 5.32 Å². The number of halogens is 1. The van der Waals surface area contributed by atoms with Gasteiger partial charge in [-0.2, -0.15) is 0 Å². The molecule has 0 saturated carbocycles. The average molecular weight is 334 g/mol. The van der Waals surface area contributed by atoms with Crippen LogP contribution in [0.1, 0.15) is 23.7 Å². The number of benzene rings is 1. The van der Waals surface area contributed by atoms with E-state index in [2.05, 4.69) is 21.2 Å². The van der Waals surface area contributed by atoms with Gasteiger partial charge in [-0.05, 0) is 30.7 Å². The molecule has 1 aromatic rings. The molecule has 1 rings (SSSR count). The van der Waals surface area contributed by atoms with E-state index in [1.165, 1.54) is 24.3 Å². The molecule has 0 radical (unpaired) electrons. The Kier molecular flexibility index (Phi) is 5.34. The lowest BCUT2D eigenvalue weighted by molar-refractivity contribution is 0.0953. The topological polar surface area (TPSA) is 63.2 Å². The fourth-order valence-corrected chi connectivity index (χ4v) is 2.20. The maximum atomic E-state index is 11.7. The molecule has 0 aromatic heterocycles. The summed E-state index contributed by atoms with van der Waals surface area (Å²) in [7, 11) is -3.21. The van der Waals surface area contributed by atoms with Gasteiger partial charge in [-0.25, -0.2) is 8.42 Å². The molecule has 1 atom stereocenters. The molecule has 1 N–H and O–H groups in total. The van der Waals surface area contributed by atoms with Gasteiger partial charge < -0.3 is 5.32 Å². The zero-order valence-electron chi connectivity index (χ0n) is 10.3. The van der Waals surface area contributed by atoms with Crippen LogP contribution in [0.4, 0.5) is 0 Å². The number of nitrogens with one attached hydrogen (secondary N) is 1. The molecule has 4 nitrogen and oxygen atoms in total. The number of carbonyl (C=O) groups excluding carboxylic acids is 1. The van der Waals surface area contributed by atoms with Gasteiger partial charge >= 0.3 is 0 Å². The van der Waals surface area contributed by atoms with Crippen molar-refractivity contribution in [1.29, 1.82) is 0 Å². The first-order valence-corrected chi connectivity index (χ1v) is 8.34. The summed E-state index contributed by atoms with van der Waals surface area (Å²) in [6.07, 6.45) is 1.98. The van der Waals surface area contributed by atoms with Gasteiger partial charge in [-0.1, -0.05) is 22.9 Å². The van der Waals surface area contributed by atoms with Crippen LogP contribution in [0, 0.1) is 0 Å². The number of sulfone groups is 1. The summed E-state index contributed by atoms with van der Waals surface area (Å²) >= 11 is 3.39. The van der Waals surface area contributed by atoms with Crippen molar-refractivity contribution in [2.75, 3.05) is 12.8 Å². The molecule has 0 aliphatic rings.